The fourth-order valence-corrected chi connectivity index (χ4v) is 6.05. The molecule has 1 saturated carbocycles. The van der Waals surface area contributed by atoms with Gasteiger partial charge in [-0.1, -0.05) is 62.9 Å². The Balaban J connectivity index is 1.77. The quantitative estimate of drug-likeness (QED) is 0.275. The molecule has 6 nitrogen and oxygen atoms in total. The van der Waals surface area contributed by atoms with Crippen LogP contribution in [0.2, 0.25) is 0 Å². The minimum absolute atomic E-state index is 0.105. The number of nitrogens with zero attached hydrogens (tertiary/aromatic N) is 1. The van der Waals surface area contributed by atoms with E-state index in [2.05, 4.69) is 17.4 Å². The zero-order chi connectivity index (χ0) is 26.9. The van der Waals surface area contributed by atoms with Crippen molar-refractivity contribution in [2.24, 2.45) is 0 Å². The summed E-state index contributed by atoms with van der Waals surface area (Å²) < 4.78 is 11.5. The number of hydrogen-bond acceptors (Lipinski definition) is 4. The number of nitrogens with one attached hydrogen (secondary N) is 1. The summed E-state index contributed by atoms with van der Waals surface area (Å²) in [6.07, 6.45) is 10.1. The number of benzene rings is 2. The van der Waals surface area contributed by atoms with E-state index in [1.807, 2.05) is 37.3 Å². The molecule has 0 radical (unpaired) electrons. The summed E-state index contributed by atoms with van der Waals surface area (Å²) >= 11 is 6.22. The average Bonchev–Trinajstić information content (AvgIpc) is 3.22. The molecule has 2 aromatic rings. The van der Waals surface area contributed by atoms with Crippen LogP contribution in [0.3, 0.4) is 0 Å². The third-order valence-corrected chi connectivity index (χ3v) is 8.00. The molecule has 0 aromatic heterocycles. The summed E-state index contributed by atoms with van der Waals surface area (Å²) in [5.41, 5.74) is 3.01. The van der Waals surface area contributed by atoms with Crippen LogP contribution in [-0.4, -0.2) is 42.4 Å². The number of carbonyl (C=O) groups excluding carboxylic acids is 2. The van der Waals surface area contributed by atoms with Gasteiger partial charge in [-0.25, -0.2) is 0 Å². The number of hydrogen-bond donors (Lipinski definition) is 1. The molecule has 1 N–H and O–H groups in total. The molecule has 2 aliphatic rings. The van der Waals surface area contributed by atoms with Gasteiger partial charge in [0.05, 0.1) is 19.8 Å². The van der Waals surface area contributed by atoms with Crippen molar-refractivity contribution < 1.29 is 19.1 Å². The second kappa shape index (κ2) is 13.9. The third kappa shape index (κ3) is 6.63. The van der Waals surface area contributed by atoms with Crippen molar-refractivity contribution in [3.63, 3.8) is 0 Å². The van der Waals surface area contributed by atoms with Crippen LogP contribution in [0.1, 0.15) is 93.5 Å². The van der Waals surface area contributed by atoms with Gasteiger partial charge in [-0.15, -0.1) is 11.6 Å². The van der Waals surface area contributed by atoms with Gasteiger partial charge in [-0.05, 0) is 67.3 Å². The van der Waals surface area contributed by atoms with Crippen molar-refractivity contribution in [3.05, 3.63) is 59.2 Å². The van der Waals surface area contributed by atoms with E-state index >= 15 is 0 Å². The van der Waals surface area contributed by atoms with Crippen molar-refractivity contribution in [1.82, 2.24) is 10.2 Å². The van der Waals surface area contributed by atoms with Gasteiger partial charge in [0, 0.05) is 6.04 Å². The lowest BCUT2D eigenvalue weighted by Gasteiger charge is -2.41. The summed E-state index contributed by atoms with van der Waals surface area (Å²) in [7, 11) is 1.59. The van der Waals surface area contributed by atoms with Crippen LogP contribution >= 0.6 is 11.6 Å². The van der Waals surface area contributed by atoms with Crippen molar-refractivity contribution in [2.45, 2.75) is 89.3 Å². The van der Waals surface area contributed by atoms with Crippen LogP contribution in [0.4, 0.5) is 0 Å². The SMILES string of the molecule is CCCOc1ccc([C@@H](C(=O)NC2CCCCCC2)N(C(=O)CCl)[C@@H]2CCCc3ccccc32)cc1OC. The highest BCUT2D eigenvalue weighted by Crippen LogP contribution is 2.41. The number of carbonyl (C=O) groups is 2. The van der Waals surface area contributed by atoms with E-state index in [0.717, 1.165) is 56.9 Å². The fraction of sp³-hybridized carbons (Fsp3) is 0.548. The first-order chi connectivity index (χ1) is 18.6. The number of amides is 2. The minimum Gasteiger partial charge on any atom is -0.493 e. The molecular formula is C31H41ClN2O4. The van der Waals surface area contributed by atoms with E-state index in [4.69, 9.17) is 21.1 Å². The fourth-order valence-electron chi connectivity index (χ4n) is 5.91. The molecule has 0 heterocycles. The smallest absolute Gasteiger partial charge is 0.247 e. The van der Waals surface area contributed by atoms with Gasteiger partial charge in [-0.2, -0.15) is 0 Å². The van der Waals surface area contributed by atoms with E-state index in [0.29, 0.717) is 23.7 Å². The molecule has 0 saturated heterocycles. The Morgan fingerprint density at radius 3 is 2.50 bits per heavy atom. The Labute approximate surface area is 232 Å². The van der Waals surface area contributed by atoms with Crippen LogP contribution in [0.25, 0.3) is 0 Å². The summed E-state index contributed by atoms with van der Waals surface area (Å²) in [6.45, 7) is 2.61. The molecule has 1 fully saturated rings. The molecule has 38 heavy (non-hydrogen) atoms. The van der Waals surface area contributed by atoms with Gasteiger partial charge < -0.3 is 19.7 Å². The maximum Gasteiger partial charge on any atom is 0.247 e. The van der Waals surface area contributed by atoms with Crippen molar-refractivity contribution >= 4 is 23.4 Å². The van der Waals surface area contributed by atoms with Gasteiger partial charge in [0.15, 0.2) is 11.5 Å². The van der Waals surface area contributed by atoms with E-state index < -0.39 is 6.04 Å². The first kappa shape index (κ1) is 28.3. The first-order valence-electron chi connectivity index (χ1n) is 14.1. The van der Waals surface area contributed by atoms with Gasteiger partial charge >= 0.3 is 0 Å². The number of fused-ring (bicyclic) bond motifs is 1. The molecule has 0 bridgehead atoms. The maximum absolute atomic E-state index is 14.2. The van der Waals surface area contributed by atoms with E-state index in [9.17, 15) is 9.59 Å². The molecule has 0 spiro atoms. The molecule has 2 atom stereocenters. The van der Waals surface area contributed by atoms with E-state index in [-0.39, 0.29) is 29.8 Å². The lowest BCUT2D eigenvalue weighted by molar-refractivity contribution is -0.142. The lowest BCUT2D eigenvalue weighted by atomic mass is 9.85. The zero-order valence-electron chi connectivity index (χ0n) is 22.7. The van der Waals surface area contributed by atoms with Crippen molar-refractivity contribution in [1.29, 1.82) is 0 Å². The number of halogens is 1. The number of rotatable bonds is 10. The predicted molar refractivity (Wildman–Crippen MR) is 151 cm³/mol. The third-order valence-electron chi connectivity index (χ3n) is 7.77. The summed E-state index contributed by atoms with van der Waals surface area (Å²) in [4.78, 5) is 29.5. The van der Waals surface area contributed by atoms with Crippen LogP contribution in [0, 0.1) is 0 Å². The maximum atomic E-state index is 14.2. The Kier molecular flexibility index (Phi) is 10.3. The standard InChI is InChI=1S/C31H41ClN2O4/c1-3-19-38-27-18-17-23(20-28(27)37-2)30(31(36)33-24-13-6-4-5-7-14-24)34(29(35)21-32)26-16-10-12-22-11-8-9-15-25(22)26/h8-9,11,15,17-18,20,24,26,30H,3-7,10,12-14,16,19,21H2,1-2H3,(H,33,36)/t26-,30+/m1/s1. The largest absolute Gasteiger partial charge is 0.493 e. The molecule has 0 aliphatic heterocycles. The number of methoxy groups -OCH3 is 1. The monoisotopic (exact) mass is 540 g/mol. The van der Waals surface area contributed by atoms with Gasteiger partial charge in [-0.3, -0.25) is 9.59 Å². The van der Waals surface area contributed by atoms with Crippen molar-refractivity contribution in [2.75, 3.05) is 19.6 Å². The van der Waals surface area contributed by atoms with Gasteiger partial charge in [0.2, 0.25) is 11.8 Å². The van der Waals surface area contributed by atoms with Gasteiger partial charge in [0.1, 0.15) is 11.9 Å². The summed E-state index contributed by atoms with van der Waals surface area (Å²) in [6, 6.07) is 12.8. The molecule has 7 heteroatoms. The predicted octanol–water partition coefficient (Wildman–Crippen LogP) is 6.51. The van der Waals surface area contributed by atoms with Gasteiger partial charge in [0.25, 0.3) is 0 Å². The first-order valence-corrected chi connectivity index (χ1v) is 14.7. The lowest BCUT2D eigenvalue weighted by Crippen LogP contribution is -2.48. The molecule has 206 valence electrons. The van der Waals surface area contributed by atoms with Crippen LogP contribution in [-0.2, 0) is 16.0 Å². The highest BCUT2D eigenvalue weighted by molar-refractivity contribution is 6.27. The number of aryl methyl sites for hydroxylation is 1. The molecule has 0 unspecified atom stereocenters. The van der Waals surface area contributed by atoms with Crippen LogP contribution in [0.5, 0.6) is 11.5 Å². The molecular weight excluding hydrogens is 500 g/mol. The topological polar surface area (TPSA) is 67.9 Å². The number of alkyl halides is 1. The minimum atomic E-state index is -0.838. The van der Waals surface area contributed by atoms with E-state index in [1.54, 1.807) is 12.0 Å². The van der Waals surface area contributed by atoms with Crippen LogP contribution in [0.15, 0.2) is 42.5 Å². The summed E-state index contributed by atoms with van der Waals surface area (Å²) in [5, 5.41) is 3.32. The molecule has 2 aromatic carbocycles. The Morgan fingerprint density at radius 2 is 1.79 bits per heavy atom. The zero-order valence-corrected chi connectivity index (χ0v) is 23.5. The Hall–Kier alpha value is -2.73. The van der Waals surface area contributed by atoms with Crippen molar-refractivity contribution in [3.8, 4) is 11.5 Å². The highest BCUT2D eigenvalue weighted by atomic mass is 35.5. The Morgan fingerprint density at radius 1 is 1.03 bits per heavy atom. The average molecular weight is 541 g/mol. The highest BCUT2D eigenvalue weighted by Gasteiger charge is 2.39. The normalized spacial score (nSPS) is 18.6. The summed E-state index contributed by atoms with van der Waals surface area (Å²) in [5.74, 6) is 0.563. The second-order valence-electron chi connectivity index (χ2n) is 10.4. The molecule has 2 amide bonds. The second-order valence-corrected chi connectivity index (χ2v) is 10.7. The molecule has 2 aliphatic carbocycles. The molecule has 4 rings (SSSR count). The number of ether oxygens (including phenoxy) is 2. The van der Waals surface area contributed by atoms with E-state index in [1.165, 1.54) is 18.4 Å². The Bertz CT molecular complexity index is 1080. The van der Waals surface area contributed by atoms with Crippen LogP contribution < -0.4 is 14.8 Å².